The molecule has 0 aromatic heterocycles. The van der Waals surface area contributed by atoms with Crippen LogP contribution in [-0.2, 0) is 6.42 Å². The Bertz CT molecular complexity index is 398. The average molecular weight is 293 g/mol. The SMILES string of the molecule is CSC1(CNC(C)CCc2ccc(O)cc2)CCCC1. The zero-order chi connectivity index (χ0) is 14.4. The number of aromatic hydroxyl groups is 1. The second-order valence-corrected chi connectivity index (χ2v) is 7.36. The van der Waals surface area contributed by atoms with E-state index in [0.717, 1.165) is 19.4 Å². The third-order valence-electron chi connectivity index (χ3n) is 4.52. The third-order valence-corrected chi connectivity index (χ3v) is 5.94. The Morgan fingerprint density at radius 2 is 1.90 bits per heavy atom. The number of aryl methyl sites for hydroxylation is 1. The fraction of sp³-hybridized carbons (Fsp3) is 0.647. The van der Waals surface area contributed by atoms with Gasteiger partial charge in [-0.3, -0.25) is 0 Å². The van der Waals surface area contributed by atoms with Gasteiger partial charge in [-0.1, -0.05) is 25.0 Å². The molecule has 0 bridgehead atoms. The van der Waals surface area contributed by atoms with Gasteiger partial charge in [0.1, 0.15) is 5.75 Å². The highest BCUT2D eigenvalue weighted by Crippen LogP contribution is 2.39. The van der Waals surface area contributed by atoms with Crippen LogP contribution >= 0.6 is 11.8 Å². The van der Waals surface area contributed by atoms with E-state index in [1.807, 2.05) is 23.9 Å². The summed E-state index contributed by atoms with van der Waals surface area (Å²) in [6, 6.07) is 8.13. The van der Waals surface area contributed by atoms with Crippen molar-refractivity contribution in [3.8, 4) is 5.75 Å². The number of rotatable bonds is 7. The van der Waals surface area contributed by atoms with Crippen molar-refractivity contribution in [1.82, 2.24) is 5.32 Å². The molecule has 0 spiro atoms. The molecule has 0 amide bonds. The number of benzene rings is 1. The maximum Gasteiger partial charge on any atom is 0.115 e. The van der Waals surface area contributed by atoms with Gasteiger partial charge in [0, 0.05) is 17.3 Å². The first-order valence-corrected chi connectivity index (χ1v) is 8.92. The third kappa shape index (κ3) is 4.42. The van der Waals surface area contributed by atoms with Crippen LogP contribution in [0.1, 0.15) is 44.6 Å². The van der Waals surface area contributed by atoms with Gasteiger partial charge in [0.05, 0.1) is 0 Å². The van der Waals surface area contributed by atoms with E-state index in [-0.39, 0.29) is 0 Å². The molecule has 0 radical (unpaired) electrons. The van der Waals surface area contributed by atoms with Crippen LogP contribution < -0.4 is 5.32 Å². The lowest BCUT2D eigenvalue weighted by atomic mass is 10.0. The van der Waals surface area contributed by atoms with Gasteiger partial charge < -0.3 is 10.4 Å². The normalized spacial score (nSPS) is 19.1. The zero-order valence-electron chi connectivity index (χ0n) is 12.7. The number of thioether (sulfide) groups is 1. The van der Waals surface area contributed by atoms with Crippen LogP contribution in [0.5, 0.6) is 5.75 Å². The summed E-state index contributed by atoms with van der Waals surface area (Å²) < 4.78 is 0.493. The van der Waals surface area contributed by atoms with Crippen LogP contribution in [0, 0.1) is 0 Å². The Balaban J connectivity index is 1.72. The summed E-state index contributed by atoms with van der Waals surface area (Å²) >= 11 is 2.05. The molecule has 2 rings (SSSR count). The Kier molecular flexibility index (Phi) is 5.79. The Labute approximate surface area is 127 Å². The summed E-state index contributed by atoms with van der Waals surface area (Å²) in [7, 11) is 0. The van der Waals surface area contributed by atoms with Crippen LogP contribution in [0.15, 0.2) is 24.3 Å². The van der Waals surface area contributed by atoms with Crippen molar-refractivity contribution in [3.63, 3.8) is 0 Å². The first-order chi connectivity index (χ1) is 9.63. The van der Waals surface area contributed by atoms with E-state index in [2.05, 4.69) is 18.5 Å². The molecule has 112 valence electrons. The Hall–Kier alpha value is -0.670. The molecule has 2 N–H and O–H groups in total. The van der Waals surface area contributed by atoms with E-state index in [1.54, 1.807) is 12.1 Å². The minimum absolute atomic E-state index is 0.350. The molecular formula is C17H27NOS. The zero-order valence-corrected chi connectivity index (χ0v) is 13.5. The first-order valence-electron chi connectivity index (χ1n) is 7.70. The minimum atomic E-state index is 0.350. The largest absolute Gasteiger partial charge is 0.508 e. The molecule has 1 aromatic carbocycles. The highest BCUT2D eigenvalue weighted by atomic mass is 32.2. The van der Waals surface area contributed by atoms with Crippen molar-refractivity contribution >= 4 is 11.8 Å². The van der Waals surface area contributed by atoms with Crippen molar-refractivity contribution in [2.75, 3.05) is 12.8 Å². The molecular weight excluding hydrogens is 266 g/mol. The van der Waals surface area contributed by atoms with Crippen molar-refractivity contribution in [3.05, 3.63) is 29.8 Å². The summed E-state index contributed by atoms with van der Waals surface area (Å²) in [5, 5.41) is 13.0. The second kappa shape index (κ2) is 7.37. The molecule has 3 heteroatoms. The molecule has 1 aliphatic rings. The Morgan fingerprint density at radius 1 is 1.25 bits per heavy atom. The molecule has 0 saturated heterocycles. The smallest absolute Gasteiger partial charge is 0.115 e. The molecule has 0 aliphatic heterocycles. The number of hydrogen-bond acceptors (Lipinski definition) is 3. The summed E-state index contributed by atoms with van der Waals surface area (Å²) in [6.45, 7) is 3.42. The predicted molar refractivity (Wildman–Crippen MR) is 88.6 cm³/mol. The molecule has 1 atom stereocenters. The van der Waals surface area contributed by atoms with E-state index in [4.69, 9.17) is 0 Å². The molecule has 1 fully saturated rings. The van der Waals surface area contributed by atoms with Gasteiger partial charge in [0.2, 0.25) is 0 Å². The van der Waals surface area contributed by atoms with Gasteiger partial charge >= 0.3 is 0 Å². The number of phenols is 1. The lowest BCUT2D eigenvalue weighted by Gasteiger charge is -2.29. The van der Waals surface area contributed by atoms with Crippen LogP contribution in [0.3, 0.4) is 0 Å². The highest BCUT2D eigenvalue weighted by Gasteiger charge is 2.32. The van der Waals surface area contributed by atoms with E-state index in [9.17, 15) is 5.11 Å². The lowest BCUT2D eigenvalue weighted by Crippen LogP contribution is -2.39. The summed E-state index contributed by atoms with van der Waals surface area (Å²) in [6.07, 6.45) is 10.00. The van der Waals surface area contributed by atoms with Crippen LogP contribution in [-0.4, -0.2) is 28.7 Å². The van der Waals surface area contributed by atoms with Gasteiger partial charge in [-0.25, -0.2) is 0 Å². The monoisotopic (exact) mass is 293 g/mol. The standard InChI is InChI=1S/C17H27NOS/c1-14(5-6-15-7-9-16(19)10-8-15)18-13-17(20-2)11-3-4-12-17/h7-10,14,18-19H,3-6,11-13H2,1-2H3. The fourth-order valence-corrected chi connectivity index (χ4v) is 3.91. The topological polar surface area (TPSA) is 32.3 Å². The maximum atomic E-state index is 9.28. The molecule has 1 unspecified atom stereocenters. The predicted octanol–water partition coefficient (Wildman–Crippen LogP) is 3.98. The molecule has 0 heterocycles. The molecule has 2 nitrogen and oxygen atoms in total. The molecule has 20 heavy (non-hydrogen) atoms. The van der Waals surface area contributed by atoms with Gasteiger partial charge in [0.15, 0.2) is 0 Å². The highest BCUT2D eigenvalue weighted by molar-refractivity contribution is 8.00. The van der Waals surface area contributed by atoms with Crippen LogP contribution in [0.2, 0.25) is 0 Å². The van der Waals surface area contributed by atoms with Crippen LogP contribution in [0.4, 0.5) is 0 Å². The van der Waals surface area contributed by atoms with E-state index in [0.29, 0.717) is 16.5 Å². The van der Waals surface area contributed by atoms with Crippen LogP contribution in [0.25, 0.3) is 0 Å². The van der Waals surface area contributed by atoms with Gasteiger partial charge in [0.25, 0.3) is 0 Å². The molecule has 1 saturated carbocycles. The van der Waals surface area contributed by atoms with E-state index < -0.39 is 0 Å². The summed E-state index contributed by atoms with van der Waals surface area (Å²) in [4.78, 5) is 0. The molecule has 1 aromatic rings. The molecule has 1 aliphatic carbocycles. The number of phenolic OH excluding ortho intramolecular Hbond substituents is 1. The lowest BCUT2D eigenvalue weighted by molar-refractivity contribution is 0.458. The van der Waals surface area contributed by atoms with Crippen molar-refractivity contribution in [2.45, 2.75) is 56.2 Å². The first kappa shape index (κ1) is 15.7. The summed E-state index contributed by atoms with van der Waals surface area (Å²) in [5.74, 6) is 0.350. The quantitative estimate of drug-likeness (QED) is 0.797. The van der Waals surface area contributed by atoms with Crippen molar-refractivity contribution in [2.24, 2.45) is 0 Å². The average Bonchev–Trinajstić information content (AvgIpc) is 2.94. The maximum absolute atomic E-state index is 9.28. The van der Waals surface area contributed by atoms with Gasteiger partial charge in [-0.2, -0.15) is 11.8 Å². The summed E-state index contributed by atoms with van der Waals surface area (Å²) in [5.41, 5.74) is 1.30. The van der Waals surface area contributed by atoms with E-state index >= 15 is 0 Å². The van der Waals surface area contributed by atoms with Crippen molar-refractivity contribution in [1.29, 1.82) is 0 Å². The number of hydrogen-bond donors (Lipinski definition) is 2. The van der Waals surface area contributed by atoms with Gasteiger partial charge in [-0.05, 0) is 56.6 Å². The fourth-order valence-electron chi connectivity index (χ4n) is 2.98. The van der Waals surface area contributed by atoms with Crippen molar-refractivity contribution < 1.29 is 5.11 Å². The Morgan fingerprint density at radius 3 is 2.50 bits per heavy atom. The van der Waals surface area contributed by atoms with E-state index in [1.165, 1.54) is 31.2 Å². The van der Waals surface area contributed by atoms with Gasteiger partial charge in [-0.15, -0.1) is 0 Å². The second-order valence-electron chi connectivity index (χ2n) is 6.08. The number of nitrogens with one attached hydrogen (secondary N) is 1. The minimum Gasteiger partial charge on any atom is -0.508 e.